The topological polar surface area (TPSA) is 89.0 Å². The van der Waals surface area contributed by atoms with E-state index in [0.717, 1.165) is 6.42 Å². The van der Waals surface area contributed by atoms with Crippen molar-refractivity contribution in [1.29, 1.82) is 0 Å². The first-order chi connectivity index (χ1) is 14.9. The summed E-state index contributed by atoms with van der Waals surface area (Å²) in [6.45, 7) is 2.16. The van der Waals surface area contributed by atoms with Gasteiger partial charge in [0.05, 0.1) is 28.9 Å². The maximum atomic E-state index is 13.1. The summed E-state index contributed by atoms with van der Waals surface area (Å²) in [6, 6.07) is 8.14. The lowest BCUT2D eigenvalue weighted by Crippen LogP contribution is -2.50. The predicted molar refractivity (Wildman–Crippen MR) is 117 cm³/mol. The van der Waals surface area contributed by atoms with Crippen LogP contribution in [0.15, 0.2) is 46.5 Å². The second-order valence-corrected chi connectivity index (χ2v) is 10.3. The first kappa shape index (κ1) is 22.2. The van der Waals surface area contributed by atoms with E-state index in [9.17, 15) is 13.2 Å². The number of ether oxygens (including phenoxy) is 2. The highest BCUT2D eigenvalue weighted by Crippen LogP contribution is 2.33. The number of benzene rings is 1. The third-order valence-electron chi connectivity index (χ3n) is 5.01. The highest BCUT2D eigenvalue weighted by molar-refractivity contribution is 8.00. The molecule has 0 aliphatic carbocycles. The van der Waals surface area contributed by atoms with Crippen LogP contribution in [-0.4, -0.2) is 73.7 Å². The van der Waals surface area contributed by atoms with Crippen molar-refractivity contribution >= 4 is 39.3 Å². The second kappa shape index (κ2) is 9.64. The van der Waals surface area contributed by atoms with Crippen LogP contribution in [0.5, 0.6) is 11.5 Å². The number of aromatic nitrogens is 1. The molecule has 2 aromatic rings. The Balaban J connectivity index is 1.36. The van der Waals surface area contributed by atoms with Crippen LogP contribution in [-0.2, 0) is 14.8 Å². The molecule has 0 radical (unpaired) electrons. The molecule has 0 saturated carbocycles. The van der Waals surface area contributed by atoms with E-state index in [1.165, 1.54) is 28.2 Å². The van der Waals surface area contributed by atoms with Crippen molar-refractivity contribution in [2.45, 2.75) is 16.3 Å². The molecular formula is C20H22ClN3O5S2. The summed E-state index contributed by atoms with van der Waals surface area (Å²) in [5.41, 5.74) is 0. The smallest absolute Gasteiger partial charge is 0.243 e. The van der Waals surface area contributed by atoms with E-state index < -0.39 is 10.0 Å². The predicted octanol–water partition coefficient (Wildman–Crippen LogP) is 2.52. The molecular weight excluding hydrogens is 462 g/mol. The molecule has 166 valence electrons. The molecule has 1 fully saturated rings. The summed E-state index contributed by atoms with van der Waals surface area (Å²) in [6.07, 6.45) is 2.37. The first-order valence-electron chi connectivity index (χ1n) is 9.86. The zero-order valence-corrected chi connectivity index (χ0v) is 19.1. The highest BCUT2D eigenvalue weighted by Gasteiger charge is 2.31. The molecule has 0 atom stereocenters. The molecule has 1 aromatic carbocycles. The summed E-state index contributed by atoms with van der Waals surface area (Å²) in [7, 11) is -3.69. The minimum absolute atomic E-state index is 0.0700. The number of carbonyl (C=O) groups is 1. The van der Waals surface area contributed by atoms with Crippen LogP contribution in [0, 0.1) is 0 Å². The van der Waals surface area contributed by atoms with Gasteiger partial charge in [0, 0.05) is 44.9 Å². The maximum Gasteiger partial charge on any atom is 0.243 e. The van der Waals surface area contributed by atoms with Crippen LogP contribution in [0.2, 0.25) is 5.02 Å². The zero-order valence-electron chi connectivity index (χ0n) is 16.7. The fourth-order valence-electron chi connectivity index (χ4n) is 3.33. The molecule has 2 aliphatic rings. The number of thioether (sulfide) groups is 1. The van der Waals surface area contributed by atoms with Crippen molar-refractivity contribution in [2.24, 2.45) is 0 Å². The Bertz CT molecular complexity index is 1060. The summed E-state index contributed by atoms with van der Waals surface area (Å²) in [5.74, 6) is 1.13. The Labute approximate surface area is 190 Å². The second-order valence-electron chi connectivity index (χ2n) is 7.02. The number of sulfonamides is 1. The molecule has 11 heteroatoms. The number of piperazine rings is 1. The van der Waals surface area contributed by atoms with Gasteiger partial charge in [-0.1, -0.05) is 23.4 Å². The number of amides is 1. The third kappa shape index (κ3) is 5.08. The highest BCUT2D eigenvalue weighted by atomic mass is 35.5. The lowest BCUT2D eigenvalue weighted by molar-refractivity contribution is -0.129. The van der Waals surface area contributed by atoms with Crippen LogP contribution in [0.4, 0.5) is 0 Å². The molecule has 0 N–H and O–H groups in total. The van der Waals surface area contributed by atoms with Gasteiger partial charge in [0.2, 0.25) is 15.9 Å². The molecule has 0 bridgehead atoms. The number of hydrogen-bond donors (Lipinski definition) is 0. The Hall–Kier alpha value is -2.01. The molecule has 3 heterocycles. The summed E-state index contributed by atoms with van der Waals surface area (Å²) < 4.78 is 38.8. The summed E-state index contributed by atoms with van der Waals surface area (Å²) >= 11 is 7.35. The van der Waals surface area contributed by atoms with E-state index in [-0.39, 0.29) is 29.6 Å². The van der Waals surface area contributed by atoms with Crippen LogP contribution >= 0.6 is 23.4 Å². The average Bonchev–Trinajstić information content (AvgIpc) is 3.03. The number of fused-ring (bicyclic) bond motifs is 1. The van der Waals surface area contributed by atoms with Gasteiger partial charge in [-0.05, 0) is 24.3 Å². The number of carbonyl (C=O) groups excluding carboxylic acids is 1. The van der Waals surface area contributed by atoms with Gasteiger partial charge in [0.15, 0.2) is 11.5 Å². The molecule has 8 nitrogen and oxygen atoms in total. The normalized spacial score (nSPS) is 17.3. The van der Waals surface area contributed by atoms with Crippen LogP contribution in [0.25, 0.3) is 0 Å². The van der Waals surface area contributed by atoms with Crippen molar-refractivity contribution in [2.75, 3.05) is 45.1 Å². The van der Waals surface area contributed by atoms with Gasteiger partial charge < -0.3 is 14.4 Å². The van der Waals surface area contributed by atoms with Gasteiger partial charge in [-0.15, -0.1) is 0 Å². The Kier molecular flexibility index (Phi) is 6.90. The molecule has 31 heavy (non-hydrogen) atoms. The minimum atomic E-state index is -3.69. The summed E-state index contributed by atoms with van der Waals surface area (Å²) in [5, 5.41) is 1.11. The molecule has 2 aliphatic heterocycles. The fraction of sp³-hybridized carbons (Fsp3) is 0.400. The number of halogens is 1. The zero-order chi connectivity index (χ0) is 21.8. The van der Waals surface area contributed by atoms with Gasteiger partial charge in [-0.25, -0.2) is 13.4 Å². The van der Waals surface area contributed by atoms with E-state index in [2.05, 4.69) is 4.98 Å². The Morgan fingerprint density at radius 2 is 1.84 bits per heavy atom. The average molecular weight is 484 g/mol. The van der Waals surface area contributed by atoms with Crippen LogP contribution in [0.3, 0.4) is 0 Å². The molecule has 4 rings (SSSR count). The van der Waals surface area contributed by atoms with Gasteiger partial charge in [0.25, 0.3) is 0 Å². The van der Waals surface area contributed by atoms with Crippen LogP contribution < -0.4 is 9.47 Å². The lowest BCUT2D eigenvalue weighted by Gasteiger charge is -2.34. The Morgan fingerprint density at radius 1 is 1.10 bits per heavy atom. The Morgan fingerprint density at radius 3 is 2.58 bits per heavy atom. The standard InChI is InChI=1S/C20H22ClN3O5S2/c21-16-3-1-6-22-20(16)30-14-19(25)23-7-9-24(10-8-23)31(26,27)15-4-5-17-18(13-15)29-12-2-11-28-17/h1,3-6,13H,2,7-12,14H2. The lowest BCUT2D eigenvalue weighted by atomic mass is 10.3. The maximum absolute atomic E-state index is 13.1. The number of rotatable bonds is 5. The van der Waals surface area contributed by atoms with E-state index in [4.69, 9.17) is 21.1 Å². The van der Waals surface area contributed by atoms with E-state index in [1.807, 2.05) is 0 Å². The van der Waals surface area contributed by atoms with Gasteiger partial charge in [-0.3, -0.25) is 4.79 Å². The van der Waals surface area contributed by atoms with E-state index in [0.29, 0.717) is 47.9 Å². The van der Waals surface area contributed by atoms with Gasteiger partial charge >= 0.3 is 0 Å². The molecule has 1 aromatic heterocycles. The minimum Gasteiger partial charge on any atom is -0.490 e. The van der Waals surface area contributed by atoms with Crippen molar-refractivity contribution in [3.05, 3.63) is 41.6 Å². The SMILES string of the molecule is O=C(CSc1ncccc1Cl)N1CCN(S(=O)(=O)c2ccc3c(c2)OCCCO3)CC1. The van der Waals surface area contributed by atoms with Crippen LogP contribution in [0.1, 0.15) is 6.42 Å². The van der Waals surface area contributed by atoms with Crippen molar-refractivity contribution in [3.63, 3.8) is 0 Å². The first-order valence-corrected chi connectivity index (χ1v) is 12.7. The van der Waals surface area contributed by atoms with Gasteiger partial charge in [-0.2, -0.15) is 4.31 Å². The van der Waals surface area contributed by atoms with Crippen molar-refractivity contribution in [3.8, 4) is 11.5 Å². The molecule has 0 spiro atoms. The van der Waals surface area contributed by atoms with E-state index >= 15 is 0 Å². The van der Waals surface area contributed by atoms with Crippen molar-refractivity contribution < 1.29 is 22.7 Å². The molecule has 1 saturated heterocycles. The van der Waals surface area contributed by atoms with Crippen molar-refractivity contribution in [1.82, 2.24) is 14.2 Å². The quantitative estimate of drug-likeness (QED) is 0.603. The monoisotopic (exact) mass is 483 g/mol. The molecule has 0 unspecified atom stereocenters. The number of hydrogen-bond acceptors (Lipinski definition) is 7. The fourth-order valence-corrected chi connectivity index (χ4v) is 5.84. The number of nitrogens with zero attached hydrogens (tertiary/aromatic N) is 3. The largest absolute Gasteiger partial charge is 0.490 e. The third-order valence-corrected chi connectivity index (χ3v) is 8.31. The van der Waals surface area contributed by atoms with E-state index in [1.54, 1.807) is 29.3 Å². The molecule has 1 amide bonds. The van der Waals surface area contributed by atoms with Gasteiger partial charge in [0.1, 0.15) is 5.03 Å². The number of pyridine rings is 1. The summed E-state index contributed by atoms with van der Waals surface area (Å²) in [4.78, 5) is 18.5.